The van der Waals surface area contributed by atoms with Crippen LogP contribution in [0.25, 0.3) is 0 Å². The van der Waals surface area contributed by atoms with Crippen molar-refractivity contribution in [3.63, 3.8) is 0 Å². The number of imidazole rings is 1. The Morgan fingerprint density at radius 2 is 2.24 bits per heavy atom. The summed E-state index contributed by atoms with van der Waals surface area (Å²) in [4.78, 5) is 19.6. The number of primary amides is 1. The molecule has 17 heavy (non-hydrogen) atoms. The Hall–Kier alpha value is -2.17. The average Bonchev–Trinajstić information content (AvgIpc) is 2.77. The number of pyridine rings is 1. The van der Waals surface area contributed by atoms with Gasteiger partial charge in [0.15, 0.2) is 0 Å². The van der Waals surface area contributed by atoms with Crippen LogP contribution in [0.4, 0.5) is 0 Å². The van der Waals surface area contributed by atoms with Gasteiger partial charge in [-0.05, 0) is 19.1 Å². The predicted molar refractivity (Wildman–Crippen MR) is 63.2 cm³/mol. The zero-order valence-electron chi connectivity index (χ0n) is 9.58. The van der Waals surface area contributed by atoms with Gasteiger partial charge in [0.25, 0.3) is 0 Å². The van der Waals surface area contributed by atoms with Crippen LogP contribution in [0.2, 0.25) is 0 Å². The average molecular weight is 230 g/mol. The van der Waals surface area contributed by atoms with Crippen LogP contribution in [0.5, 0.6) is 0 Å². The van der Waals surface area contributed by atoms with Gasteiger partial charge in [-0.15, -0.1) is 0 Å². The van der Waals surface area contributed by atoms with Crippen LogP contribution in [0.15, 0.2) is 36.8 Å². The number of aromatic nitrogens is 3. The molecule has 0 bridgehead atoms. The molecule has 0 aromatic carbocycles. The van der Waals surface area contributed by atoms with Gasteiger partial charge in [-0.2, -0.15) is 0 Å². The van der Waals surface area contributed by atoms with E-state index in [-0.39, 0.29) is 5.91 Å². The van der Waals surface area contributed by atoms with Crippen molar-refractivity contribution >= 4 is 5.91 Å². The molecule has 1 amide bonds. The van der Waals surface area contributed by atoms with E-state index in [1.165, 1.54) is 0 Å². The number of carbonyl (C=O) groups excluding carboxylic acids is 1. The van der Waals surface area contributed by atoms with Crippen molar-refractivity contribution in [2.75, 3.05) is 0 Å². The van der Waals surface area contributed by atoms with Crippen molar-refractivity contribution in [1.82, 2.24) is 14.5 Å². The molecule has 0 radical (unpaired) electrons. The molecule has 0 aliphatic carbocycles. The Bertz CT molecular complexity index is 506. The van der Waals surface area contributed by atoms with Crippen LogP contribution in [-0.4, -0.2) is 20.4 Å². The molecule has 5 heteroatoms. The standard InChI is InChI=1S/C12H14N4O/c1-9(12(13)17)16-7-6-15-11(16)8-10-4-2-3-5-14-10/h2-7,9H,8H2,1H3,(H2,13,17). The minimum Gasteiger partial charge on any atom is -0.368 e. The summed E-state index contributed by atoms with van der Waals surface area (Å²) in [5.74, 6) is 0.417. The highest BCUT2D eigenvalue weighted by atomic mass is 16.1. The molecule has 0 saturated heterocycles. The summed E-state index contributed by atoms with van der Waals surface area (Å²) in [6.07, 6.45) is 5.75. The minimum absolute atomic E-state index is 0.370. The lowest BCUT2D eigenvalue weighted by atomic mass is 10.2. The highest BCUT2D eigenvalue weighted by molar-refractivity contribution is 5.77. The quantitative estimate of drug-likeness (QED) is 0.848. The number of rotatable bonds is 4. The number of hydrogen-bond donors (Lipinski definition) is 1. The number of carbonyl (C=O) groups is 1. The van der Waals surface area contributed by atoms with Crippen molar-refractivity contribution in [2.24, 2.45) is 5.73 Å². The van der Waals surface area contributed by atoms with Gasteiger partial charge in [0.2, 0.25) is 5.91 Å². The Morgan fingerprint density at radius 1 is 1.41 bits per heavy atom. The molecular weight excluding hydrogens is 216 g/mol. The van der Waals surface area contributed by atoms with Crippen molar-refractivity contribution in [3.05, 3.63) is 48.3 Å². The molecule has 2 aromatic rings. The maximum absolute atomic E-state index is 11.2. The molecule has 2 rings (SSSR count). The summed E-state index contributed by atoms with van der Waals surface area (Å²) >= 11 is 0. The van der Waals surface area contributed by atoms with E-state index >= 15 is 0 Å². The summed E-state index contributed by atoms with van der Waals surface area (Å²) in [5, 5.41) is 0. The van der Waals surface area contributed by atoms with Crippen LogP contribution in [0.3, 0.4) is 0 Å². The minimum atomic E-state index is -0.392. The second kappa shape index (κ2) is 4.78. The van der Waals surface area contributed by atoms with E-state index < -0.39 is 6.04 Å². The normalized spacial score (nSPS) is 12.3. The molecule has 0 fully saturated rings. The van der Waals surface area contributed by atoms with Crippen molar-refractivity contribution in [3.8, 4) is 0 Å². The number of amides is 1. The van der Waals surface area contributed by atoms with Crippen molar-refractivity contribution < 1.29 is 4.79 Å². The second-order valence-electron chi connectivity index (χ2n) is 3.83. The molecule has 1 atom stereocenters. The smallest absolute Gasteiger partial charge is 0.240 e. The summed E-state index contributed by atoms with van der Waals surface area (Å²) in [6, 6.07) is 5.32. The number of nitrogens with zero attached hydrogens (tertiary/aromatic N) is 3. The summed E-state index contributed by atoms with van der Waals surface area (Å²) in [7, 11) is 0. The monoisotopic (exact) mass is 230 g/mol. The SMILES string of the molecule is CC(C(N)=O)n1ccnc1Cc1ccccn1. The first-order chi connectivity index (χ1) is 8.18. The van der Waals surface area contributed by atoms with E-state index in [0.29, 0.717) is 6.42 Å². The van der Waals surface area contributed by atoms with E-state index in [9.17, 15) is 4.79 Å². The zero-order valence-corrected chi connectivity index (χ0v) is 9.58. The van der Waals surface area contributed by atoms with Crippen LogP contribution in [-0.2, 0) is 11.2 Å². The van der Waals surface area contributed by atoms with Crippen LogP contribution < -0.4 is 5.73 Å². The molecular formula is C12H14N4O. The third-order valence-electron chi connectivity index (χ3n) is 2.64. The molecule has 0 spiro atoms. The Kier molecular flexibility index (Phi) is 3.18. The van der Waals surface area contributed by atoms with Gasteiger partial charge in [-0.25, -0.2) is 4.98 Å². The van der Waals surface area contributed by atoms with E-state index in [1.54, 1.807) is 30.1 Å². The van der Waals surface area contributed by atoms with Gasteiger partial charge in [0.1, 0.15) is 11.9 Å². The molecule has 5 nitrogen and oxygen atoms in total. The highest BCUT2D eigenvalue weighted by Gasteiger charge is 2.14. The Balaban J connectivity index is 2.23. The molecule has 2 heterocycles. The fourth-order valence-corrected chi connectivity index (χ4v) is 1.64. The van der Waals surface area contributed by atoms with Crippen LogP contribution in [0, 0.1) is 0 Å². The first-order valence-corrected chi connectivity index (χ1v) is 5.39. The topological polar surface area (TPSA) is 73.8 Å². The summed E-state index contributed by atoms with van der Waals surface area (Å²) in [6.45, 7) is 1.76. The van der Waals surface area contributed by atoms with Crippen molar-refractivity contribution in [1.29, 1.82) is 0 Å². The molecule has 2 N–H and O–H groups in total. The number of hydrogen-bond acceptors (Lipinski definition) is 3. The van der Waals surface area contributed by atoms with Gasteiger partial charge < -0.3 is 10.3 Å². The Morgan fingerprint density at radius 3 is 2.88 bits per heavy atom. The fourth-order valence-electron chi connectivity index (χ4n) is 1.64. The predicted octanol–water partition coefficient (Wildman–Crippen LogP) is 0.915. The molecule has 88 valence electrons. The van der Waals surface area contributed by atoms with Gasteiger partial charge in [0.05, 0.1) is 0 Å². The van der Waals surface area contributed by atoms with Gasteiger partial charge in [-0.3, -0.25) is 9.78 Å². The Labute approximate surface area is 99.3 Å². The largest absolute Gasteiger partial charge is 0.368 e. The third-order valence-corrected chi connectivity index (χ3v) is 2.64. The van der Waals surface area contributed by atoms with Crippen LogP contribution in [0.1, 0.15) is 24.5 Å². The van der Waals surface area contributed by atoms with Gasteiger partial charge in [0, 0.05) is 30.7 Å². The summed E-state index contributed by atoms with van der Waals surface area (Å²) < 4.78 is 1.77. The molecule has 2 aromatic heterocycles. The lowest BCUT2D eigenvalue weighted by Crippen LogP contribution is -2.25. The third kappa shape index (κ3) is 2.50. The first-order valence-electron chi connectivity index (χ1n) is 5.39. The summed E-state index contributed by atoms with van der Waals surface area (Å²) in [5.41, 5.74) is 6.20. The van der Waals surface area contributed by atoms with Gasteiger partial charge >= 0.3 is 0 Å². The van der Waals surface area contributed by atoms with E-state index in [4.69, 9.17) is 5.73 Å². The van der Waals surface area contributed by atoms with E-state index in [2.05, 4.69) is 9.97 Å². The fraction of sp³-hybridized carbons (Fsp3) is 0.250. The van der Waals surface area contributed by atoms with Gasteiger partial charge in [-0.1, -0.05) is 6.07 Å². The molecule has 0 aliphatic rings. The lowest BCUT2D eigenvalue weighted by Gasteiger charge is -2.12. The maximum Gasteiger partial charge on any atom is 0.240 e. The lowest BCUT2D eigenvalue weighted by molar-refractivity contribution is -0.120. The zero-order chi connectivity index (χ0) is 12.3. The number of nitrogens with two attached hydrogens (primary N) is 1. The second-order valence-corrected chi connectivity index (χ2v) is 3.83. The van der Waals surface area contributed by atoms with Crippen LogP contribution >= 0.6 is 0 Å². The van der Waals surface area contributed by atoms with E-state index in [1.807, 2.05) is 18.2 Å². The van der Waals surface area contributed by atoms with Crippen molar-refractivity contribution in [2.45, 2.75) is 19.4 Å². The highest BCUT2D eigenvalue weighted by Crippen LogP contribution is 2.11. The maximum atomic E-state index is 11.2. The first kappa shape index (κ1) is 11.3. The van der Waals surface area contributed by atoms with E-state index in [0.717, 1.165) is 11.5 Å². The molecule has 1 unspecified atom stereocenters. The molecule has 0 saturated carbocycles. The molecule has 0 aliphatic heterocycles.